The van der Waals surface area contributed by atoms with Gasteiger partial charge in [-0.05, 0) is 27.7 Å². The number of rotatable bonds is 7. The van der Waals surface area contributed by atoms with Crippen molar-refractivity contribution in [3.63, 3.8) is 0 Å². The summed E-state index contributed by atoms with van der Waals surface area (Å²) in [6.07, 6.45) is -0.180. The van der Waals surface area contributed by atoms with Crippen LogP contribution < -0.4 is 0 Å². The van der Waals surface area contributed by atoms with Gasteiger partial charge in [0.2, 0.25) is 5.12 Å². The molecule has 0 radical (unpaired) electrons. The number of hydrogen-bond acceptors (Lipinski definition) is 4. The standard InChI is InChI=1S/C9H20O3S/c1-5-10-8(4)9(13,11-6-2)12-7-3/h8,13H,5-7H2,1-4H3. The molecule has 0 heterocycles. The summed E-state index contributed by atoms with van der Waals surface area (Å²) in [5.74, 6) is 0. The van der Waals surface area contributed by atoms with Gasteiger partial charge in [0.15, 0.2) is 0 Å². The molecule has 1 unspecified atom stereocenters. The Morgan fingerprint density at radius 3 is 1.85 bits per heavy atom. The molecule has 80 valence electrons. The largest absolute Gasteiger partial charge is 0.372 e. The first-order chi connectivity index (χ1) is 6.10. The lowest BCUT2D eigenvalue weighted by atomic mass is 10.4. The van der Waals surface area contributed by atoms with E-state index in [2.05, 4.69) is 12.6 Å². The van der Waals surface area contributed by atoms with Crippen LogP contribution in [0.15, 0.2) is 0 Å². The molecule has 0 amide bonds. The quantitative estimate of drug-likeness (QED) is 0.513. The van der Waals surface area contributed by atoms with Gasteiger partial charge in [0, 0.05) is 19.8 Å². The first-order valence-electron chi connectivity index (χ1n) is 4.72. The van der Waals surface area contributed by atoms with E-state index in [-0.39, 0.29) is 6.10 Å². The van der Waals surface area contributed by atoms with Crippen LogP contribution in [0.1, 0.15) is 27.7 Å². The maximum Gasteiger partial charge on any atom is 0.242 e. The van der Waals surface area contributed by atoms with Gasteiger partial charge in [-0.2, -0.15) is 0 Å². The third kappa shape index (κ3) is 4.31. The van der Waals surface area contributed by atoms with E-state index in [9.17, 15) is 0 Å². The molecular formula is C9H20O3S. The number of hydrogen-bond donors (Lipinski definition) is 1. The molecule has 0 aliphatic heterocycles. The molecule has 13 heavy (non-hydrogen) atoms. The van der Waals surface area contributed by atoms with E-state index in [0.717, 1.165) is 0 Å². The van der Waals surface area contributed by atoms with E-state index < -0.39 is 5.12 Å². The molecule has 0 fully saturated rings. The van der Waals surface area contributed by atoms with Crippen LogP contribution in [-0.4, -0.2) is 31.0 Å². The highest BCUT2D eigenvalue weighted by Gasteiger charge is 2.34. The van der Waals surface area contributed by atoms with Crippen molar-refractivity contribution >= 4 is 12.6 Å². The molecule has 0 aromatic rings. The van der Waals surface area contributed by atoms with E-state index in [1.54, 1.807) is 0 Å². The normalized spacial score (nSPS) is 14.5. The minimum absolute atomic E-state index is 0.180. The van der Waals surface area contributed by atoms with Gasteiger partial charge < -0.3 is 14.2 Å². The van der Waals surface area contributed by atoms with E-state index in [1.165, 1.54) is 0 Å². The predicted molar refractivity (Wildman–Crippen MR) is 56.1 cm³/mol. The van der Waals surface area contributed by atoms with Crippen LogP contribution in [0.2, 0.25) is 0 Å². The molecule has 0 aromatic carbocycles. The molecule has 0 spiro atoms. The SMILES string of the molecule is CCOC(C)C(S)(OCC)OCC. The van der Waals surface area contributed by atoms with Crippen molar-refractivity contribution in [1.82, 2.24) is 0 Å². The summed E-state index contributed by atoms with van der Waals surface area (Å²) in [6.45, 7) is 9.38. The molecule has 0 aliphatic carbocycles. The summed E-state index contributed by atoms with van der Waals surface area (Å²) in [6, 6.07) is 0. The van der Waals surface area contributed by atoms with Crippen LogP contribution in [0.4, 0.5) is 0 Å². The van der Waals surface area contributed by atoms with Gasteiger partial charge in [-0.3, -0.25) is 0 Å². The number of ether oxygens (including phenoxy) is 3. The van der Waals surface area contributed by atoms with Crippen molar-refractivity contribution in [3.05, 3.63) is 0 Å². The lowest BCUT2D eigenvalue weighted by Crippen LogP contribution is -2.42. The lowest BCUT2D eigenvalue weighted by Gasteiger charge is -2.33. The first kappa shape index (κ1) is 13.2. The summed E-state index contributed by atoms with van der Waals surface area (Å²) < 4.78 is 16.2. The molecule has 3 nitrogen and oxygen atoms in total. The fourth-order valence-electron chi connectivity index (χ4n) is 1.05. The molecule has 0 rings (SSSR count). The summed E-state index contributed by atoms with van der Waals surface area (Å²) in [7, 11) is 0. The Hall–Kier alpha value is 0.230. The lowest BCUT2D eigenvalue weighted by molar-refractivity contribution is -0.222. The van der Waals surface area contributed by atoms with Crippen LogP contribution in [-0.2, 0) is 14.2 Å². The van der Waals surface area contributed by atoms with E-state index in [0.29, 0.717) is 19.8 Å². The maximum absolute atomic E-state index is 5.40. The van der Waals surface area contributed by atoms with Crippen molar-refractivity contribution in [2.75, 3.05) is 19.8 Å². The van der Waals surface area contributed by atoms with E-state index in [4.69, 9.17) is 14.2 Å². The second kappa shape index (κ2) is 6.65. The summed E-state index contributed by atoms with van der Waals surface area (Å²) in [5.41, 5.74) is 0. The van der Waals surface area contributed by atoms with Gasteiger partial charge in [0.05, 0.1) is 0 Å². The molecule has 4 heteroatoms. The fraction of sp³-hybridized carbons (Fsp3) is 1.00. The van der Waals surface area contributed by atoms with Gasteiger partial charge in [-0.25, -0.2) is 0 Å². The summed E-state index contributed by atoms with van der Waals surface area (Å²) in [5, 5.41) is -0.917. The molecule has 0 N–H and O–H groups in total. The molecule has 0 saturated carbocycles. The first-order valence-corrected chi connectivity index (χ1v) is 5.17. The zero-order valence-electron chi connectivity index (χ0n) is 8.87. The van der Waals surface area contributed by atoms with Gasteiger partial charge in [-0.15, -0.1) is 12.6 Å². The highest BCUT2D eigenvalue weighted by Crippen LogP contribution is 2.25. The van der Waals surface area contributed by atoms with Crippen molar-refractivity contribution in [2.24, 2.45) is 0 Å². The third-order valence-electron chi connectivity index (χ3n) is 1.63. The summed E-state index contributed by atoms with van der Waals surface area (Å²) in [4.78, 5) is 0. The maximum atomic E-state index is 5.40. The average Bonchev–Trinajstić information content (AvgIpc) is 2.05. The minimum atomic E-state index is -0.917. The molecule has 0 aliphatic rings. The second-order valence-corrected chi connectivity index (χ2v) is 3.22. The Kier molecular flexibility index (Phi) is 6.77. The zero-order valence-corrected chi connectivity index (χ0v) is 9.77. The van der Waals surface area contributed by atoms with Crippen LogP contribution in [0.5, 0.6) is 0 Å². The van der Waals surface area contributed by atoms with E-state index >= 15 is 0 Å². The predicted octanol–water partition coefficient (Wildman–Crippen LogP) is 2.07. The Morgan fingerprint density at radius 2 is 1.54 bits per heavy atom. The molecular weight excluding hydrogens is 188 g/mol. The van der Waals surface area contributed by atoms with Gasteiger partial charge in [-0.1, -0.05) is 0 Å². The van der Waals surface area contributed by atoms with Gasteiger partial charge >= 0.3 is 0 Å². The minimum Gasteiger partial charge on any atom is -0.372 e. The number of thiol groups is 1. The van der Waals surface area contributed by atoms with Gasteiger partial charge in [0.1, 0.15) is 6.10 Å². The van der Waals surface area contributed by atoms with Crippen LogP contribution in [0, 0.1) is 0 Å². The Bertz CT molecular complexity index is 124. The second-order valence-electron chi connectivity index (χ2n) is 2.59. The van der Waals surface area contributed by atoms with Crippen LogP contribution in [0.3, 0.4) is 0 Å². The molecule has 0 saturated heterocycles. The Morgan fingerprint density at radius 1 is 1.08 bits per heavy atom. The molecule has 1 atom stereocenters. The van der Waals surface area contributed by atoms with E-state index in [1.807, 2.05) is 27.7 Å². The monoisotopic (exact) mass is 208 g/mol. The third-order valence-corrected chi connectivity index (χ3v) is 2.25. The Labute approximate surface area is 86.2 Å². The van der Waals surface area contributed by atoms with Crippen molar-refractivity contribution in [2.45, 2.75) is 38.9 Å². The smallest absolute Gasteiger partial charge is 0.242 e. The Balaban J connectivity index is 4.18. The van der Waals surface area contributed by atoms with Crippen molar-refractivity contribution < 1.29 is 14.2 Å². The van der Waals surface area contributed by atoms with Crippen LogP contribution >= 0.6 is 12.6 Å². The van der Waals surface area contributed by atoms with Gasteiger partial charge in [0.25, 0.3) is 0 Å². The highest BCUT2D eigenvalue weighted by atomic mass is 32.1. The fourth-order valence-corrected chi connectivity index (χ4v) is 1.38. The average molecular weight is 208 g/mol. The van der Waals surface area contributed by atoms with Crippen molar-refractivity contribution in [1.29, 1.82) is 0 Å². The summed E-state index contributed by atoms with van der Waals surface area (Å²) >= 11 is 4.34. The van der Waals surface area contributed by atoms with Crippen LogP contribution in [0.25, 0.3) is 0 Å². The topological polar surface area (TPSA) is 27.7 Å². The van der Waals surface area contributed by atoms with Crippen molar-refractivity contribution in [3.8, 4) is 0 Å². The highest BCUT2D eigenvalue weighted by molar-refractivity contribution is 7.81. The molecule has 0 aromatic heterocycles. The zero-order chi connectivity index (χ0) is 10.3. The molecule has 0 bridgehead atoms.